The van der Waals surface area contributed by atoms with Gasteiger partial charge in [0.1, 0.15) is 42.2 Å². The molecule has 5 atom stereocenters. The molecule has 0 aliphatic carbocycles. The Hall–Kier alpha value is -4.15. The Bertz CT molecular complexity index is 2190. The minimum absolute atomic E-state index is 0.0108. The number of nitrogen functional groups attached to an aromatic ring is 1. The van der Waals surface area contributed by atoms with E-state index in [1.807, 2.05) is 6.07 Å². The SMILES string of the molecule is CCCCCCCCCCCCCCC[C@H](COP(=O)(OC[C@]1(C#N)C[C@@H](OC(C)(C)O)[C@H](c2ccc3c(N)ncnn23)O1)Oc1ccccc1Cl)OCc1cc(F)cc(C#N)c1. The normalized spacial score (nSPS) is 19.1. The molecule has 0 spiro atoms. The van der Waals surface area contributed by atoms with Crippen molar-refractivity contribution in [2.24, 2.45) is 0 Å². The number of fused-ring (bicyclic) bond motifs is 1. The van der Waals surface area contributed by atoms with Gasteiger partial charge in [-0.3, -0.25) is 9.05 Å². The fraction of sp³-hybridized carbons (Fsp3) is 0.565. The summed E-state index contributed by atoms with van der Waals surface area (Å²) in [6.07, 6.45) is 14.5. The van der Waals surface area contributed by atoms with E-state index in [4.69, 9.17) is 45.1 Å². The number of nitriles is 2. The molecule has 14 nitrogen and oxygen atoms in total. The second kappa shape index (κ2) is 24.2. The fourth-order valence-electron chi connectivity index (χ4n) is 7.61. The lowest BCUT2D eigenvalue weighted by atomic mass is 9.99. The molecule has 1 saturated heterocycles. The molecule has 0 amide bonds. The first-order chi connectivity index (χ1) is 30.3. The van der Waals surface area contributed by atoms with Crippen molar-refractivity contribution in [2.45, 2.75) is 153 Å². The van der Waals surface area contributed by atoms with Gasteiger partial charge in [-0.15, -0.1) is 0 Å². The van der Waals surface area contributed by atoms with Crippen LogP contribution in [0.4, 0.5) is 10.2 Å². The number of para-hydroxylation sites is 1. The van der Waals surface area contributed by atoms with Gasteiger partial charge in [0.15, 0.2) is 17.2 Å². The summed E-state index contributed by atoms with van der Waals surface area (Å²) in [5.41, 5.74) is 5.87. The first-order valence-corrected chi connectivity index (χ1v) is 23.8. The predicted octanol–water partition coefficient (Wildman–Crippen LogP) is 11.1. The van der Waals surface area contributed by atoms with Crippen LogP contribution >= 0.6 is 19.4 Å². The number of anilines is 1. The van der Waals surface area contributed by atoms with Crippen LogP contribution in [0.1, 0.15) is 140 Å². The van der Waals surface area contributed by atoms with Crippen molar-refractivity contribution in [3.8, 4) is 17.9 Å². The second-order valence-electron chi connectivity index (χ2n) is 16.6. The molecule has 0 bridgehead atoms. The average molecular weight is 911 g/mol. The number of aromatic nitrogens is 3. The lowest BCUT2D eigenvalue weighted by Gasteiger charge is -2.26. The maximum atomic E-state index is 14.7. The molecule has 17 heteroatoms. The summed E-state index contributed by atoms with van der Waals surface area (Å²) in [4.78, 5) is 4.04. The maximum absolute atomic E-state index is 14.7. The van der Waals surface area contributed by atoms with Gasteiger partial charge in [-0.25, -0.2) is 18.5 Å². The van der Waals surface area contributed by atoms with Crippen LogP contribution in [0.5, 0.6) is 5.75 Å². The molecule has 0 saturated carbocycles. The van der Waals surface area contributed by atoms with Crippen LogP contribution in [0.25, 0.3) is 5.52 Å². The highest BCUT2D eigenvalue weighted by molar-refractivity contribution is 7.49. The number of ether oxygens (including phenoxy) is 3. The van der Waals surface area contributed by atoms with E-state index in [9.17, 15) is 24.6 Å². The Labute approximate surface area is 375 Å². The monoisotopic (exact) mass is 910 g/mol. The van der Waals surface area contributed by atoms with Gasteiger partial charge in [0.05, 0.1) is 47.8 Å². The van der Waals surface area contributed by atoms with E-state index in [2.05, 4.69) is 23.1 Å². The molecule has 1 fully saturated rings. The van der Waals surface area contributed by atoms with E-state index in [0.717, 1.165) is 31.7 Å². The fourth-order valence-corrected chi connectivity index (χ4v) is 9.14. The van der Waals surface area contributed by atoms with Crippen LogP contribution in [0.2, 0.25) is 5.02 Å². The third kappa shape index (κ3) is 15.5. The van der Waals surface area contributed by atoms with Gasteiger partial charge in [-0.2, -0.15) is 15.6 Å². The van der Waals surface area contributed by atoms with E-state index >= 15 is 0 Å². The van der Waals surface area contributed by atoms with Crippen LogP contribution in [-0.4, -0.2) is 56.5 Å². The predicted molar refractivity (Wildman–Crippen MR) is 237 cm³/mol. The molecule has 1 aliphatic heterocycles. The summed E-state index contributed by atoms with van der Waals surface area (Å²) in [5, 5.41) is 35.2. The van der Waals surface area contributed by atoms with Crippen LogP contribution in [0, 0.1) is 28.5 Å². The summed E-state index contributed by atoms with van der Waals surface area (Å²) in [5.74, 6) is -1.96. The zero-order valence-electron chi connectivity index (χ0n) is 36.6. The molecule has 3 N–H and O–H groups in total. The Morgan fingerprint density at radius 3 is 2.35 bits per heavy atom. The van der Waals surface area contributed by atoms with Gasteiger partial charge in [0, 0.05) is 6.42 Å². The van der Waals surface area contributed by atoms with Gasteiger partial charge in [-0.1, -0.05) is 114 Å². The molecule has 2 aromatic carbocycles. The van der Waals surface area contributed by atoms with Crippen LogP contribution in [0.15, 0.2) is 60.9 Å². The molecule has 3 heterocycles. The largest absolute Gasteiger partial charge is 0.530 e. The number of aliphatic hydroxyl groups is 1. The number of rotatable bonds is 28. The molecular weight excluding hydrogens is 850 g/mol. The molecule has 63 heavy (non-hydrogen) atoms. The quantitative estimate of drug-likeness (QED) is 0.0310. The Balaban J connectivity index is 1.29. The van der Waals surface area contributed by atoms with Crippen molar-refractivity contribution < 1.29 is 41.8 Å². The van der Waals surface area contributed by atoms with Crippen molar-refractivity contribution in [3.63, 3.8) is 0 Å². The molecule has 1 aliphatic rings. The number of nitrogens with zero attached hydrogens (tertiary/aromatic N) is 5. The third-order valence-electron chi connectivity index (χ3n) is 10.8. The number of benzene rings is 2. The van der Waals surface area contributed by atoms with Crippen LogP contribution in [-0.2, 0) is 34.4 Å². The Morgan fingerprint density at radius 2 is 1.70 bits per heavy atom. The van der Waals surface area contributed by atoms with Gasteiger partial charge >= 0.3 is 7.82 Å². The number of hydrogen-bond donors (Lipinski definition) is 2. The first kappa shape index (κ1) is 49.9. The number of unbranched alkanes of at least 4 members (excludes halogenated alkanes) is 12. The molecule has 0 radical (unpaired) electrons. The van der Waals surface area contributed by atoms with Gasteiger partial charge in [0.25, 0.3) is 0 Å². The number of phosphoric ester groups is 1. The van der Waals surface area contributed by atoms with E-state index in [-0.39, 0.29) is 41.8 Å². The summed E-state index contributed by atoms with van der Waals surface area (Å²) in [7, 11) is -4.64. The smallest absolute Gasteiger partial charge is 0.402 e. The van der Waals surface area contributed by atoms with Gasteiger partial charge in [0.2, 0.25) is 0 Å². The van der Waals surface area contributed by atoms with Crippen molar-refractivity contribution in [1.29, 1.82) is 10.5 Å². The summed E-state index contributed by atoms with van der Waals surface area (Å²) in [6.45, 7) is 4.21. The Morgan fingerprint density at radius 1 is 1.02 bits per heavy atom. The van der Waals surface area contributed by atoms with Gasteiger partial charge < -0.3 is 29.6 Å². The van der Waals surface area contributed by atoms with Crippen LogP contribution in [0.3, 0.4) is 0 Å². The molecule has 342 valence electrons. The Kier molecular flexibility index (Phi) is 19.2. The average Bonchev–Trinajstić information content (AvgIpc) is 3.84. The zero-order valence-corrected chi connectivity index (χ0v) is 38.2. The van der Waals surface area contributed by atoms with Crippen LogP contribution < -0.4 is 10.3 Å². The first-order valence-electron chi connectivity index (χ1n) is 22.0. The number of phosphoric acid groups is 1. The lowest BCUT2D eigenvalue weighted by molar-refractivity contribution is -0.215. The van der Waals surface area contributed by atoms with Crippen molar-refractivity contribution >= 4 is 30.8 Å². The second-order valence-corrected chi connectivity index (χ2v) is 18.6. The van der Waals surface area contributed by atoms with E-state index in [1.54, 1.807) is 36.4 Å². The lowest BCUT2D eigenvalue weighted by Crippen LogP contribution is -2.35. The zero-order chi connectivity index (χ0) is 45.3. The minimum Gasteiger partial charge on any atom is -0.402 e. The summed E-state index contributed by atoms with van der Waals surface area (Å²) < 4.78 is 67.2. The highest BCUT2D eigenvalue weighted by atomic mass is 35.5. The van der Waals surface area contributed by atoms with Gasteiger partial charge in [-0.05, 0) is 68.3 Å². The molecule has 1 unspecified atom stereocenters. The number of nitrogens with two attached hydrogens (primary N) is 1. The minimum atomic E-state index is -4.64. The summed E-state index contributed by atoms with van der Waals surface area (Å²) >= 11 is 6.44. The third-order valence-corrected chi connectivity index (χ3v) is 12.4. The molecule has 2 aromatic heterocycles. The van der Waals surface area contributed by atoms with E-state index in [0.29, 0.717) is 23.2 Å². The summed E-state index contributed by atoms with van der Waals surface area (Å²) in [6, 6.07) is 17.9. The number of halogens is 2. The number of hydrogen-bond acceptors (Lipinski definition) is 13. The van der Waals surface area contributed by atoms with E-state index in [1.165, 1.54) is 94.6 Å². The standard InChI is InChI=1S/C46H61ClFN6O8P/c1-4-5-6-7-8-9-10-11-12-13-14-15-16-19-37(57-29-35-24-34(28-49)25-36(48)26-35)30-58-63(56,62-41-21-18-17-20-38(41)47)59-32-46(31-50)27-42(60-45(2,3)55)43(61-46)39-22-23-40-44(51)52-33-53-54(39)40/h17-18,20-26,33,37,42-43,55H,4-16,19,27,29-30,32H2,1-3H3,(H2,51,52,53)/t37-,42-,43+,46-,63?/m1/s1. The molecule has 5 rings (SSSR count). The van der Waals surface area contributed by atoms with Crippen molar-refractivity contribution in [1.82, 2.24) is 14.6 Å². The van der Waals surface area contributed by atoms with Crippen molar-refractivity contribution in [2.75, 3.05) is 18.9 Å². The maximum Gasteiger partial charge on any atom is 0.530 e. The topological polar surface area (TPSA) is 196 Å². The highest BCUT2D eigenvalue weighted by Gasteiger charge is 2.52. The molecular formula is C46H61ClFN6O8P. The highest BCUT2D eigenvalue weighted by Crippen LogP contribution is 2.53. The van der Waals surface area contributed by atoms with E-state index < -0.39 is 49.9 Å². The van der Waals surface area contributed by atoms with Crippen molar-refractivity contribution in [3.05, 3.63) is 88.6 Å². The molecule has 4 aromatic rings.